The van der Waals surface area contributed by atoms with Gasteiger partial charge in [0.05, 0.1) is 13.5 Å². The van der Waals surface area contributed by atoms with Crippen LogP contribution in [0.25, 0.3) is 0 Å². The highest BCUT2D eigenvalue weighted by Crippen LogP contribution is 2.22. The highest BCUT2D eigenvalue weighted by atomic mass is 79.9. The fraction of sp³-hybridized carbons (Fsp3) is 0.222. The van der Waals surface area contributed by atoms with Crippen LogP contribution in [0.4, 0.5) is 0 Å². The molecule has 0 amide bonds. The Hall–Kier alpha value is -1.03. The van der Waals surface area contributed by atoms with E-state index in [1.54, 1.807) is 12.1 Å². The lowest BCUT2D eigenvalue weighted by Gasteiger charge is -2.03. The topological polar surface area (TPSA) is 46.5 Å². The summed E-state index contributed by atoms with van der Waals surface area (Å²) in [5.41, 5.74) is 0.715. The van der Waals surface area contributed by atoms with E-state index in [1.807, 2.05) is 0 Å². The average Bonchev–Trinajstić information content (AvgIpc) is 2.11. The molecular formula is C9H9BrO3. The molecule has 0 atom stereocenters. The first-order valence-electron chi connectivity index (χ1n) is 3.67. The summed E-state index contributed by atoms with van der Waals surface area (Å²) < 4.78 is 5.30. The summed E-state index contributed by atoms with van der Waals surface area (Å²) in [5, 5.41) is 9.15. The van der Waals surface area contributed by atoms with Crippen molar-refractivity contribution in [2.45, 2.75) is 6.42 Å². The van der Waals surface area contributed by atoms with Crippen LogP contribution in [0.3, 0.4) is 0 Å². The lowest BCUT2D eigenvalue weighted by atomic mass is 10.1. The number of phenolic OH excluding ortho intramolecular Hbond substituents is 1. The van der Waals surface area contributed by atoms with Crippen molar-refractivity contribution in [3.8, 4) is 5.75 Å². The van der Waals surface area contributed by atoms with Crippen LogP contribution in [0, 0.1) is 0 Å². The number of methoxy groups -OCH3 is 1. The number of carbonyl (C=O) groups excluding carboxylic acids is 1. The zero-order valence-corrected chi connectivity index (χ0v) is 8.67. The predicted molar refractivity (Wildman–Crippen MR) is 51.5 cm³/mol. The van der Waals surface area contributed by atoms with Gasteiger partial charge in [-0.25, -0.2) is 0 Å². The van der Waals surface area contributed by atoms with Crippen molar-refractivity contribution < 1.29 is 14.6 Å². The van der Waals surface area contributed by atoms with Crippen LogP contribution in [0.15, 0.2) is 22.7 Å². The monoisotopic (exact) mass is 244 g/mol. The number of esters is 1. The first kappa shape index (κ1) is 10.1. The highest BCUT2D eigenvalue weighted by Gasteiger charge is 2.06. The molecule has 0 saturated carbocycles. The van der Waals surface area contributed by atoms with Gasteiger partial charge in [-0.05, 0) is 23.8 Å². The van der Waals surface area contributed by atoms with Gasteiger partial charge in [0.25, 0.3) is 0 Å². The van der Waals surface area contributed by atoms with Crippen LogP contribution < -0.4 is 0 Å². The van der Waals surface area contributed by atoms with Crippen molar-refractivity contribution in [1.29, 1.82) is 0 Å². The minimum Gasteiger partial charge on any atom is -0.508 e. The molecule has 0 spiro atoms. The Balaban J connectivity index is 2.87. The molecule has 0 heterocycles. The third-order valence-electron chi connectivity index (χ3n) is 1.59. The molecule has 4 heteroatoms. The molecule has 1 rings (SSSR count). The zero-order chi connectivity index (χ0) is 9.84. The summed E-state index contributed by atoms with van der Waals surface area (Å²) in [6, 6.07) is 4.76. The number of carbonyl (C=O) groups is 1. The maximum absolute atomic E-state index is 10.9. The summed E-state index contributed by atoms with van der Waals surface area (Å²) in [4.78, 5) is 10.9. The summed E-state index contributed by atoms with van der Waals surface area (Å²) in [7, 11) is 1.33. The number of benzene rings is 1. The number of phenols is 1. The van der Waals surface area contributed by atoms with Crippen molar-refractivity contribution >= 4 is 21.9 Å². The van der Waals surface area contributed by atoms with Gasteiger partial charge in [-0.1, -0.05) is 15.9 Å². The van der Waals surface area contributed by atoms with Crippen molar-refractivity contribution in [3.63, 3.8) is 0 Å². The first-order chi connectivity index (χ1) is 6.13. The second kappa shape index (κ2) is 4.28. The van der Waals surface area contributed by atoms with Crippen molar-refractivity contribution in [2.24, 2.45) is 0 Å². The molecular weight excluding hydrogens is 236 g/mol. The van der Waals surface area contributed by atoms with E-state index in [2.05, 4.69) is 20.7 Å². The number of halogens is 1. The van der Waals surface area contributed by atoms with Crippen LogP contribution in [0.2, 0.25) is 0 Å². The minimum absolute atomic E-state index is 0.141. The molecule has 0 unspecified atom stereocenters. The Morgan fingerprint density at radius 1 is 1.62 bits per heavy atom. The zero-order valence-electron chi connectivity index (χ0n) is 7.08. The number of ether oxygens (including phenoxy) is 1. The molecule has 1 aromatic carbocycles. The Labute approximate surface area is 84.5 Å². The number of hydrogen-bond acceptors (Lipinski definition) is 3. The number of hydrogen-bond donors (Lipinski definition) is 1. The van der Waals surface area contributed by atoms with Gasteiger partial charge in [0.15, 0.2) is 0 Å². The van der Waals surface area contributed by atoms with E-state index in [0.29, 0.717) is 5.56 Å². The van der Waals surface area contributed by atoms with Gasteiger partial charge in [-0.2, -0.15) is 0 Å². The lowest BCUT2D eigenvalue weighted by molar-refractivity contribution is -0.139. The average molecular weight is 245 g/mol. The van der Waals surface area contributed by atoms with Crippen LogP contribution in [-0.4, -0.2) is 18.2 Å². The van der Waals surface area contributed by atoms with Crippen LogP contribution in [0.5, 0.6) is 5.75 Å². The minimum atomic E-state index is -0.327. The summed E-state index contributed by atoms with van der Waals surface area (Å²) in [6.45, 7) is 0. The fourth-order valence-electron chi connectivity index (χ4n) is 0.924. The van der Waals surface area contributed by atoms with Gasteiger partial charge in [-0.3, -0.25) is 4.79 Å². The molecule has 0 aliphatic rings. The summed E-state index contributed by atoms with van der Waals surface area (Å²) in [6.07, 6.45) is 0.158. The van der Waals surface area contributed by atoms with E-state index < -0.39 is 0 Å². The maximum atomic E-state index is 10.9. The van der Waals surface area contributed by atoms with Gasteiger partial charge in [0.2, 0.25) is 0 Å². The second-order valence-corrected chi connectivity index (χ2v) is 3.38. The fourth-order valence-corrected chi connectivity index (χ4v) is 1.31. The van der Waals surface area contributed by atoms with Gasteiger partial charge in [-0.15, -0.1) is 0 Å². The summed E-state index contributed by atoms with van der Waals surface area (Å²) >= 11 is 3.27. The van der Waals surface area contributed by atoms with E-state index in [9.17, 15) is 4.79 Å². The van der Waals surface area contributed by atoms with Gasteiger partial charge >= 0.3 is 5.97 Å². The second-order valence-electron chi connectivity index (χ2n) is 2.53. The summed E-state index contributed by atoms with van der Waals surface area (Å²) in [5.74, 6) is -0.187. The van der Waals surface area contributed by atoms with E-state index in [-0.39, 0.29) is 18.1 Å². The highest BCUT2D eigenvalue weighted by molar-refractivity contribution is 9.10. The maximum Gasteiger partial charge on any atom is 0.310 e. The third-order valence-corrected chi connectivity index (χ3v) is 2.37. The Kier molecular flexibility index (Phi) is 3.31. The standard InChI is InChI=1S/C9H9BrO3/c1-13-9(12)5-6-4-7(11)2-3-8(6)10/h2-4,11H,5H2,1H3. The lowest BCUT2D eigenvalue weighted by Crippen LogP contribution is -2.04. The molecule has 13 heavy (non-hydrogen) atoms. The van der Waals surface area contributed by atoms with Crippen LogP contribution >= 0.6 is 15.9 Å². The smallest absolute Gasteiger partial charge is 0.310 e. The molecule has 0 aliphatic carbocycles. The normalized spacial score (nSPS) is 9.69. The Morgan fingerprint density at radius 2 is 2.31 bits per heavy atom. The molecule has 0 radical (unpaired) electrons. The van der Waals surface area contributed by atoms with Gasteiger partial charge in [0.1, 0.15) is 5.75 Å². The Morgan fingerprint density at radius 3 is 2.92 bits per heavy atom. The molecule has 3 nitrogen and oxygen atoms in total. The van der Waals surface area contributed by atoms with Gasteiger partial charge < -0.3 is 9.84 Å². The van der Waals surface area contributed by atoms with Crippen molar-refractivity contribution in [2.75, 3.05) is 7.11 Å². The molecule has 1 N–H and O–H groups in total. The molecule has 0 fully saturated rings. The predicted octanol–water partition coefficient (Wildman–Crippen LogP) is 1.87. The van der Waals surface area contributed by atoms with Crippen LogP contribution in [0.1, 0.15) is 5.56 Å². The first-order valence-corrected chi connectivity index (χ1v) is 4.47. The molecule has 0 aromatic heterocycles. The largest absolute Gasteiger partial charge is 0.508 e. The molecule has 0 saturated heterocycles. The van der Waals surface area contributed by atoms with E-state index in [1.165, 1.54) is 13.2 Å². The van der Waals surface area contributed by atoms with E-state index in [0.717, 1.165) is 4.47 Å². The molecule has 70 valence electrons. The van der Waals surface area contributed by atoms with Crippen molar-refractivity contribution in [3.05, 3.63) is 28.2 Å². The van der Waals surface area contributed by atoms with Crippen molar-refractivity contribution in [1.82, 2.24) is 0 Å². The van der Waals surface area contributed by atoms with Crippen LogP contribution in [-0.2, 0) is 16.0 Å². The van der Waals surface area contributed by atoms with Gasteiger partial charge in [0, 0.05) is 4.47 Å². The Bertz CT molecular complexity index is 323. The SMILES string of the molecule is COC(=O)Cc1cc(O)ccc1Br. The van der Waals surface area contributed by atoms with E-state index in [4.69, 9.17) is 5.11 Å². The molecule has 0 bridgehead atoms. The van der Waals surface area contributed by atoms with E-state index >= 15 is 0 Å². The third kappa shape index (κ3) is 2.73. The molecule has 1 aromatic rings. The molecule has 0 aliphatic heterocycles. The number of aromatic hydroxyl groups is 1. The number of rotatable bonds is 2. The quantitative estimate of drug-likeness (QED) is 0.809.